The highest BCUT2D eigenvalue weighted by Gasteiger charge is 2.14. The predicted octanol–water partition coefficient (Wildman–Crippen LogP) is 4.05. The number of rotatable bonds is 5. The average Bonchev–Trinajstić information content (AvgIpc) is 3.12. The summed E-state index contributed by atoms with van der Waals surface area (Å²) in [5, 5.41) is 6.81. The molecule has 5 nitrogen and oxygen atoms in total. The van der Waals surface area contributed by atoms with Crippen molar-refractivity contribution in [2.45, 2.75) is 6.92 Å². The van der Waals surface area contributed by atoms with Gasteiger partial charge in [0.1, 0.15) is 5.69 Å². The van der Waals surface area contributed by atoms with E-state index in [9.17, 15) is 4.79 Å². The number of hydrogen-bond donors (Lipinski definition) is 1. The summed E-state index contributed by atoms with van der Waals surface area (Å²) in [6, 6.07) is 18.9. The molecule has 3 aromatic rings. The molecule has 0 aliphatic rings. The van der Waals surface area contributed by atoms with Crippen LogP contribution in [0.15, 0.2) is 65.2 Å². The number of aromatic nitrogens is 1. The molecule has 0 spiro atoms. The monoisotopic (exact) mass is 321 g/mol. The van der Waals surface area contributed by atoms with E-state index < -0.39 is 0 Å². The third-order valence-corrected chi connectivity index (χ3v) is 3.82. The van der Waals surface area contributed by atoms with E-state index in [1.165, 1.54) is 0 Å². The van der Waals surface area contributed by atoms with Crippen molar-refractivity contribution in [2.24, 2.45) is 0 Å². The van der Waals surface area contributed by atoms with Gasteiger partial charge in [0.2, 0.25) is 5.76 Å². The Bertz CT molecular complexity index is 827. The minimum absolute atomic E-state index is 0.183. The van der Waals surface area contributed by atoms with E-state index >= 15 is 0 Å². The van der Waals surface area contributed by atoms with Crippen LogP contribution < -0.4 is 10.2 Å². The second-order valence-corrected chi connectivity index (χ2v) is 5.46. The molecule has 0 atom stereocenters. The van der Waals surface area contributed by atoms with Crippen LogP contribution in [0.25, 0.3) is 11.3 Å². The van der Waals surface area contributed by atoms with Crippen LogP contribution in [0.4, 0.5) is 11.4 Å². The normalized spacial score (nSPS) is 10.4. The fourth-order valence-electron chi connectivity index (χ4n) is 2.32. The molecule has 1 N–H and O–H groups in total. The Morgan fingerprint density at radius 2 is 1.92 bits per heavy atom. The standard InChI is InChI=1S/C19H19N3O2/c1-3-22(2)16-11-7-10-15(12-16)20-19(23)18-13-17(21-24-18)14-8-5-4-6-9-14/h4-13H,3H2,1-2H3,(H,20,23). The van der Waals surface area contributed by atoms with E-state index in [-0.39, 0.29) is 11.7 Å². The van der Waals surface area contributed by atoms with E-state index in [2.05, 4.69) is 22.3 Å². The van der Waals surface area contributed by atoms with Gasteiger partial charge >= 0.3 is 0 Å². The van der Waals surface area contributed by atoms with Crippen molar-refractivity contribution in [1.82, 2.24) is 5.16 Å². The van der Waals surface area contributed by atoms with E-state index in [1.807, 2.05) is 61.6 Å². The lowest BCUT2D eigenvalue weighted by atomic mass is 10.1. The van der Waals surface area contributed by atoms with Gasteiger partial charge in [-0.25, -0.2) is 0 Å². The Morgan fingerprint density at radius 1 is 1.12 bits per heavy atom. The Labute approximate surface area is 140 Å². The maximum Gasteiger partial charge on any atom is 0.294 e. The van der Waals surface area contributed by atoms with Gasteiger partial charge in [0.05, 0.1) is 0 Å². The van der Waals surface area contributed by atoms with E-state index in [1.54, 1.807) is 6.07 Å². The summed E-state index contributed by atoms with van der Waals surface area (Å²) >= 11 is 0. The smallest absolute Gasteiger partial charge is 0.294 e. The lowest BCUT2D eigenvalue weighted by Gasteiger charge is -2.17. The largest absolute Gasteiger partial charge is 0.375 e. The maximum absolute atomic E-state index is 12.4. The first-order chi connectivity index (χ1) is 11.7. The molecule has 24 heavy (non-hydrogen) atoms. The maximum atomic E-state index is 12.4. The Kier molecular flexibility index (Phi) is 4.61. The second-order valence-electron chi connectivity index (χ2n) is 5.46. The Hall–Kier alpha value is -3.08. The van der Waals surface area contributed by atoms with E-state index in [0.717, 1.165) is 23.5 Å². The Morgan fingerprint density at radius 3 is 2.67 bits per heavy atom. The lowest BCUT2D eigenvalue weighted by molar-refractivity contribution is 0.0988. The number of anilines is 2. The minimum Gasteiger partial charge on any atom is -0.375 e. The molecular weight excluding hydrogens is 302 g/mol. The number of carbonyl (C=O) groups excluding carboxylic acids is 1. The highest BCUT2D eigenvalue weighted by Crippen LogP contribution is 2.21. The van der Waals surface area contributed by atoms with Crippen LogP contribution in [-0.4, -0.2) is 24.7 Å². The van der Waals surface area contributed by atoms with Crippen molar-refractivity contribution >= 4 is 17.3 Å². The number of nitrogens with one attached hydrogen (secondary N) is 1. The van der Waals surface area contributed by atoms with Crippen molar-refractivity contribution in [3.63, 3.8) is 0 Å². The zero-order valence-electron chi connectivity index (χ0n) is 13.7. The third-order valence-electron chi connectivity index (χ3n) is 3.82. The highest BCUT2D eigenvalue weighted by atomic mass is 16.5. The van der Waals surface area contributed by atoms with Crippen molar-refractivity contribution < 1.29 is 9.32 Å². The molecule has 3 rings (SSSR count). The molecule has 1 amide bonds. The molecule has 0 bridgehead atoms. The lowest BCUT2D eigenvalue weighted by Crippen LogP contribution is -2.16. The van der Waals surface area contributed by atoms with Gasteiger partial charge < -0.3 is 14.7 Å². The van der Waals surface area contributed by atoms with Crippen LogP contribution in [-0.2, 0) is 0 Å². The molecule has 0 unspecified atom stereocenters. The summed E-state index contributed by atoms with van der Waals surface area (Å²) in [5.74, 6) is -0.135. The van der Waals surface area contributed by atoms with E-state index in [4.69, 9.17) is 4.52 Å². The molecule has 122 valence electrons. The zero-order chi connectivity index (χ0) is 16.9. The van der Waals surface area contributed by atoms with Gasteiger partial charge in [-0.1, -0.05) is 41.6 Å². The SMILES string of the molecule is CCN(C)c1cccc(NC(=O)c2cc(-c3ccccc3)no2)c1. The van der Waals surface area contributed by atoms with Crippen LogP contribution in [0.1, 0.15) is 17.5 Å². The van der Waals surface area contributed by atoms with Crippen molar-refractivity contribution in [3.8, 4) is 11.3 Å². The third kappa shape index (κ3) is 3.46. The van der Waals surface area contributed by atoms with Crippen molar-refractivity contribution in [2.75, 3.05) is 23.8 Å². The molecule has 2 aromatic carbocycles. The number of benzene rings is 2. The molecule has 0 aliphatic carbocycles. The quantitative estimate of drug-likeness (QED) is 0.770. The molecule has 0 fully saturated rings. The molecular formula is C19H19N3O2. The highest BCUT2D eigenvalue weighted by molar-refractivity contribution is 6.03. The fraction of sp³-hybridized carbons (Fsp3) is 0.158. The predicted molar refractivity (Wildman–Crippen MR) is 95.3 cm³/mol. The average molecular weight is 321 g/mol. The molecule has 0 aliphatic heterocycles. The van der Waals surface area contributed by atoms with Gasteiger partial charge in [0.15, 0.2) is 0 Å². The number of nitrogens with zero attached hydrogens (tertiary/aromatic N) is 2. The van der Waals surface area contributed by atoms with Crippen molar-refractivity contribution in [3.05, 3.63) is 66.4 Å². The number of carbonyl (C=O) groups is 1. The summed E-state index contributed by atoms with van der Waals surface area (Å²) in [6.07, 6.45) is 0. The molecule has 0 saturated carbocycles. The first kappa shape index (κ1) is 15.8. The van der Waals surface area contributed by atoms with Crippen molar-refractivity contribution in [1.29, 1.82) is 0 Å². The van der Waals surface area contributed by atoms with Gasteiger partial charge in [-0.2, -0.15) is 0 Å². The molecule has 0 radical (unpaired) electrons. The van der Waals surface area contributed by atoms with Gasteiger partial charge in [0.25, 0.3) is 5.91 Å². The van der Waals surface area contributed by atoms with E-state index in [0.29, 0.717) is 5.69 Å². The number of amides is 1. The zero-order valence-corrected chi connectivity index (χ0v) is 13.7. The summed E-state index contributed by atoms with van der Waals surface area (Å²) in [6.45, 7) is 2.96. The molecule has 1 aromatic heterocycles. The van der Waals surface area contributed by atoms with Crippen LogP contribution in [0.3, 0.4) is 0 Å². The van der Waals surface area contributed by atoms with Gasteiger partial charge in [-0.3, -0.25) is 4.79 Å². The van der Waals surface area contributed by atoms with Gasteiger partial charge in [-0.05, 0) is 25.1 Å². The summed E-state index contributed by atoms with van der Waals surface area (Å²) in [5.41, 5.74) is 3.31. The van der Waals surface area contributed by atoms with Crippen LogP contribution in [0.5, 0.6) is 0 Å². The van der Waals surface area contributed by atoms with Gasteiger partial charge in [0, 0.05) is 36.6 Å². The first-order valence-corrected chi connectivity index (χ1v) is 7.82. The van der Waals surface area contributed by atoms with Crippen LogP contribution in [0.2, 0.25) is 0 Å². The fourth-order valence-corrected chi connectivity index (χ4v) is 2.32. The summed E-state index contributed by atoms with van der Waals surface area (Å²) in [7, 11) is 2.00. The first-order valence-electron chi connectivity index (χ1n) is 7.82. The Balaban J connectivity index is 1.75. The van der Waals surface area contributed by atoms with Crippen LogP contribution >= 0.6 is 0 Å². The second kappa shape index (κ2) is 7.00. The molecule has 5 heteroatoms. The molecule has 1 heterocycles. The topological polar surface area (TPSA) is 58.4 Å². The van der Waals surface area contributed by atoms with Crippen LogP contribution in [0, 0.1) is 0 Å². The minimum atomic E-state index is -0.319. The molecule has 0 saturated heterocycles. The number of hydrogen-bond acceptors (Lipinski definition) is 4. The summed E-state index contributed by atoms with van der Waals surface area (Å²) in [4.78, 5) is 14.4. The summed E-state index contributed by atoms with van der Waals surface area (Å²) < 4.78 is 5.18. The van der Waals surface area contributed by atoms with Gasteiger partial charge in [-0.15, -0.1) is 0 Å².